The van der Waals surface area contributed by atoms with Gasteiger partial charge < -0.3 is 21.1 Å². The maximum atomic E-state index is 12.2. The van der Waals surface area contributed by atoms with Crippen molar-refractivity contribution in [3.8, 4) is 17.0 Å². The summed E-state index contributed by atoms with van der Waals surface area (Å²) in [5.41, 5.74) is 7.05. The molecular weight excluding hydrogens is 394 g/mol. The molecule has 8 nitrogen and oxygen atoms in total. The van der Waals surface area contributed by atoms with Crippen LogP contribution in [-0.4, -0.2) is 35.2 Å². The topological polar surface area (TPSA) is 111 Å². The second-order valence-electron chi connectivity index (χ2n) is 6.34. The molecule has 0 atom stereocenters. The van der Waals surface area contributed by atoms with Gasteiger partial charge in [0.1, 0.15) is 28.6 Å². The van der Waals surface area contributed by atoms with Crippen LogP contribution in [0.4, 0.5) is 5.82 Å². The maximum absolute atomic E-state index is 12.2. The first-order valence-corrected chi connectivity index (χ1v) is 9.67. The minimum Gasteiger partial charge on any atom is -0.457 e. The highest BCUT2D eigenvalue weighted by molar-refractivity contribution is 6.03. The summed E-state index contributed by atoms with van der Waals surface area (Å²) in [7, 11) is 1.68. The lowest BCUT2D eigenvalue weighted by atomic mass is 10.1. The minimum absolute atomic E-state index is 0.271. The molecule has 0 spiro atoms. The number of amides is 2. The molecule has 2 rings (SSSR count). The van der Waals surface area contributed by atoms with Crippen molar-refractivity contribution in [2.45, 2.75) is 13.5 Å². The SMILES string of the molecule is C=C/C=C(\C=C/C)Oc1ccc(-c2nn(CCNC(=O)C=C)c(NC)c2C(N)=O)cc1. The van der Waals surface area contributed by atoms with Crippen molar-refractivity contribution in [2.24, 2.45) is 5.73 Å². The van der Waals surface area contributed by atoms with Crippen LogP contribution < -0.4 is 21.1 Å². The molecule has 0 saturated carbocycles. The number of hydrogen-bond acceptors (Lipinski definition) is 5. The van der Waals surface area contributed by atoms with E-state index in [-0.39, 0.29) is 11.5 Å². The summed E-state index contributed by atoms with van der Waals surface area (Å²) in [6, 6.07) is 7.16. The molecule has 8 heteroatoms. The van der Waals surface area contributed by atoms with Crippen LogP contribution in [0.1, 0.15) is 17.3 Å². The molecule has 0 unspecified atom stereocenters. The molecule has 4 N–H and O–H groups in total. The lowest BCUT2D eigenvalue weighted by Gasteiger charge is -2.08. The third-order valence-corrected chi connectivity index (χ3v) is 4.22. The Kier molecular flexibility index (Phi) is 8.39. The Bertz CT molecular complexity index is 1020. The third-order valence-electron chi connectivity index (χ3n) is 4.22. The zero-order valence-corrected chi connectivity index (χ0v) is 17.7. The van der Waals surface area contributed by atoms with E-state index in [1.165, 1.54) is 6.08 Å². The first-order chi connectivity index (χ1) is 14.9. The van der Waals surface area contributed by atoms with Crippen LogP contribution in [0.15, 0.2) is 73.6 Å². The Morgan fingerprint density at radius 2 is 1.97 bits per heavy atom. The van der Waals surface area contributed by atoms with Crippen molar-refractivity contribution in [2.75, 3.05) is 18.9 Å². The monoisotopic (exact) mass is 421 g/mol. The van der Waals surface area contributed by atoms with E-state index >= 15 is 0 Å². The highest BCUT2D eigenvalue weighted by Crippen LogP contribution is 2.30. The lowest BCUT2D eigenvalue weighted by molar-refractivity contribution is -0.116. The summed E-state index contributed by atoms with van der Waals surface area (Å²) in [5, 5.41) is 10.2. The van der Waals surface area contributed by atoms with Gasteiger partial charge in [-0.25, -0.2) is 4.68 Å². The quantitative estimate of drug-likeness (QED) is 0.293. The summed E-state index contributed by atoms with van der Waals surface area (Å²) in [6.45, 7) is 9.65. The van der Waals surface area contributed by atoms with Crippen molar-refractivity contribution in [1.29, 1.82) is 0 Å². The number of aromatic nitrogens is 2. The smallest absolute Gasteiger partial charge is 0.254 e. The number of benzene rings is 1. The molecule has 2 aromatic rings. The molecular formula is C23H27N5O3. The van der Waals surface area contributed by atoms with E-state index in [2.05, 4.69) is 28.9 Å². The molecule has 0 fully saturated rings. The Morgan fingerprint density at radius 3 is 2.52 bits per heavy atom. The molecule has 162 valence electrons. The number of rotatable bonds is 11. The third kappa shape index (κ3) is 5.96. The summed E-state index contributed by atoms with van der Waals surface area (Å²) in [5.74, 6) is 0.847. The summed E-state index contributed by atoms with van der Waals surface area (Å²) >= 11 is 0. The average molecular weight is 422 g/mol. The van der Waals surface area contributed by atoms with Gasteiger partial charge in [-0.05, 0) is 49.4 Å². The number of anilines is 1. The van der Waals surface area contributed by atoms with E-state index in [0.717, 1.165) is 0 Å². The van der Waals surface area contributed by atoms with E-state index in [0.29, 0.717) is 41.7 Å². The number of nitrogens with two attached hydrogens (primary N) is 1. The van der Waals surface area contributed by atoms with E-state index in [1.807, 2.05) is 19.1 Å². The average Bonchev–Trinajstić information content (AvgIpc) is 3.13. The van der Waals surface area contributed by atoms with Crippen LogP contribution in [-0.2, 0) is 11.3 Å². The minimum atomic E-state index is -0.606. The van der Waals surface area contributed by atoms with Crippen LogP contribution in [0.25, 0.3) is 11.3 Å². The van der Waals surface area contributed by atoms with Crippen LogP contribution in [0.2, 0.25) is 0 Å². The van der Waals surface area contributed by atoms with E-state index in [9.17, 15) is 9.59 Å². The van der Waals surface area contributed by atoms with Crippen LogP contribution in [0, 0.1) is 0 Å². The number of ether oxygens (including phenoxy) is 1. The lowest BCUT2D eigenvalue weighted by Crippen LogP contribution is -2.26. The Labute approximate surface area is 181 Å². The maximum Gasteiger partial charge on any atom is 0.254 e. The van der Waals surface area contributed by atoms with E-state index in [4.69, 9.17) is 10.5 Å². The van der Waals surface area contributed by atoms with Crippen LogP contribution >= 0.6 is 0 Å². The number of primary amides is 1. The molecule has 0 aliphatic heterocycles. The molecule has 0 aliphatic rings. The van der Waals surface area contributed by atoms with Gasteiger partial charge in [-0.15, -0.1) is 0 Å². The first-order valence-electron chi connectivity index (χ1n) is 9.67. The first kappa shape index (κ1) is 23.2. The van der Waals surface area contributed by atoms with Gasteiger partial charge in [-0.3, -0.25) is 9.59 Å². The second kappa shape index (κ2) is 11.2. The Hall–Kier alpha value is -4.07. The van der Waals surface area contributed by atoms with Gasteiger partial charge in [0.05, 0.1) is 6.54 Å². The van der Waals surface area contributed by atoms with Crippen molar-refractivity contribution in [3.63, 3.8) is 0 Å². The van der Waals surface area contributed by atoms with E-state index < -0.39 is 5.91 Å². The molecule has 1 heterocycles. The van der Waals surface area contributed by atoms with Crippen LogP contribution in [0.5, 0.6) is 5.75 Å². The number of allylic oxidation sites excluding steroid dienone is 4. The summed E-state index contributed by atoms with van der Waals surface area (Å²) in [6.07, 6.45) is 8.29. The highest BCUT2D eigenvalue weighted by Gasteiger charge is 2.22. The van der Waals surface area contributed by atoms with Gasteiger partial charge in [0.25, 0.3) is 5.91 Å². The summed E-state index contributed by atoms with van der Waals surface area (Å²) < 4.78 is 7.42. The predicted octanol–water partition coefficient (Wildman–Crippen LogP) is 3.02. The zero-order valence-electron chi connectivity index (χ0n) is 17.7. The fraction of sp³-hybridized carbons (Fsp3) is 0.174. The molecule has 1 aromatic heterocycles. The largest absolute Gasteiger partial charge is 0.457 e. The zero-order chi connectivity index (χ0) is 22.8. The molecule has 0 saturated heterocycles. The molecule has 0 bridgehead atoms. The van der Waals surface area contributed by atoms with Gasteiger partial charge in [0, 0.05) is 19.2 Å². The molecule has 1 aromatic carbocycles. The Balaban J connectivity index is 2.35. The van der Waals surface area contributed by atoms with Crippen LogP contribution in [0.3, 0.4) is 0 Å². The highest BCUT2D eigenvalue weighted by atomic mass is 16.5. The Morgan fingerprint density at radius 1 is 1.26 bits per heavy atom. The van der Waals surface area contributed by atoms with Gasteiger partial charge in [0.2, 0.25) is 5.91 Å². The number of carbonyl (C=O) groups is 2. The van der Waals surface area contributed by atoms with Crippen molar-refractivity contribution < 1.29 is 14.3 Å². The van der Waals surface area contributed by atoms with Crippen molar-refractivity contribution in [1.82, 2.24) is 15.1 Å². The van der Waals surface area contributed by atoms with Gasteiger partial charge in [-0.2, -0.15) is 5.10 Å². The number of hydrogen-bond donors (Lipinski definition) is 3. The fourth-order valence-electron chi connectivity index (χ4n) is 2.89. The second-order valence-corrected chi connectivity index (χ2v) is 6.34. The molecule has 2 amide bonds. The fourth-order valence-corrected chi connectivity index (χ4v) is 2.89. The predicted molar refractivity (Wildman–Crippen MR) is 123 cm³/mol. The number of nitrogens with zero attached hydrogens (tertiary/aromatic N) is 2. The van der Waals surface area contributed by atoms with Gasteiger partial charge >= 0.3 is 0 Å². The van der Waals surface area contributed by atoms with E-state index in [1.54, 1.807) is 48.1 Å². The number of nitrogens with one attached hydrogen (secondary N) is 2. The standard InChI is InChI=1S/C23H27N5O3/c1-5-8-17(9-6-2)31-18-12-10-16(11-13-18)21-20(22(24)30)23(25-4)28(27-21)15-14-26-19(29)7-3/h5-13,25H,1,3,14-15H2,2,4H3,(H2,24,30)(H,26,29)/b9-6-,17-8+. The van der Waals surface area contributed by atoms with Crippen molar-refractivity contribution in [3.05, 3.63) is 79.1 Å². The van der Waals surface area contributed by atoms with Crippen molar-refractivity contribution >= 4 is 17.6 Å². The molecule has 0 aliphatic carbocycles. The number of carbonyl (C=O) groups excluding carboxylic acids is 2. The molecule has 0 radical (unpaired) electrons. The van der Waals surface area contributed by atoms with Gasteiger partial charge in [0.15, 0.2) is 0 Å². The summed E-state index contributed by atoms with van der Waals surface area (Å²) in [4.78, 5) is 23.5. The van der Waals surface area contributed by atoms with Gasteiger partial charge in [-0.1, -0.05) is 25.3 Å². The normalized spacial score (nSPS) is 11.2. The molecule has 31 heavy (non-hydrogen) atoms.